The number of nitrogens with one attached hydrogen (secondary N) is 1. The van der Waals surface area contributed by atoms with Crippen molar-refractivity contribution >= 4 is 29.0 Å². The third-order valence-corrected chi connectivity index (χ3v) is 4.96. The summed E-state index contributed by atoms with van der Waals surface area (Å²) in [5.41, 5.74) is 3.28. The molecule has 7 nitrogen and oxygen atoms in total. The van der Waals surface area contributed by atoms with Gasteiger partial charge < -0.3 is 15.8 Å². The van der Waals surface area contributed by atoms with E-state index in [2.05, 4.69) is 15.4 Å². The van der Waals surface area contributed by atoms with Crippen molar-refractivity contribution in [3.8, 4) is 17.2 Å². The summed E-state index contributed by atoms with van der Waals surface area (Å²) < 4.78 is 62.0. The molecule has 0 bridgehead atoms. The summed E-state index contributed by atoms with van der Waals surface area (Å²) in [7, 11) is 0. The average Bonchev–Trinajstić information content (AvgIpc) is 3.25. The molecular weight excluding hydrogens is 478 g/mol. The Labute approximate surface area is 194 Å². The summed E-state index contributed by atoms with van der Waals surface area (Å²) in [5.74, 6) is -2.00. The first-order chi connectivity index (χ1) is 16.1. The van der Waals surface area contributed by atoms with Gasteiger partial charge in [-0.25, -0.2) is 14.1 Å². The highest BCUT2D eigenvalue weighted by atomic mass is 35.5. The Hall–Kier alpha value is -4.12. The summed E-state index contributed by atoms with van der Waals surface area (Å²) >= 11 is 5.99. The van der Waals surface area contributed by atoms with Crippen molar-refractivity contribution in [2.75, 3.05) is 11.1 Å². The number of nitrogens with zero attached hydrogens (tertiary/aromatic N) is 3. The number of nitrogen functional groups attached to an aromatic ring is 1. The van der Waals surface area contributed by atoms with E-state index in [1.807, 2.05) is 0 Å². The van der Waals surface area contributed by atoms with Crippen LogP contribution in [0, 0.1) is 5.82 Å². The van der Waals surface area contributed by atoms with Gasteiger partial charge >= 0.3 is 6.18 Å². The zero-order chi connectivity index (χ0) is 24.5. The fourth-order valence-electron chi connectivity index (χ4n) is 3.05. The Morgan fingerprint density at radius 1 is 1.12 bits per heavy atom. The summed E-state index contributed by atoms with van der Waals surface area (Å²) in [6.07, 6.45) is -2.79. The fraction of sp³-hybridized carbons (Fsp3) is 0.0455. The lowest BCUT2D eigenvalue weighted by Crippen LogP contribution is -2.21. The van der Waals surface area contributed by atoms with Gasteiger partial charge in [0.2, 0.25) is 0 Å². The molecule has 0 fully saturated rings. The molecule has 0 aliphatic heterocycles. The van der Waals surface area contributed by atoms with Crippen molar-refractivity contribution in [2.24, 2.45) is 0 Å². The summed E-state index contributed by atoms with van der Waals surface area (Å²) in [4.78, 5) is 16.4. The van der Waals surface area contributed by atoms with Crippen LogP contribution in [0.4, 0.5) is 29.1 Å². The molecule has 1 amide bonds. The monoisotopic (exact) mass is 491 g/mol. The van der Waals surface area contributed by atoms with Crippen molar-refractivity contribution in [1.29, 1.82) is 0 Å². The van der Waals surface area contributed by atoms with Gasteiger partial charge in [0.1, 0.15) is 22.4 Å². The van der Waals surface area contributed by atoms with E-state index in [0.29, 0.717) is 4.68 Å². The Morgan fingerprint density at radius 3 is 2.53 bits per heavy atom. The molecule has 12 heteroatoms. The molecule has 4 aromatic rings. The molecule has 174 valence electrons. The minimum atomic E-state index is -4.90. The van der Waals surface area contributed by atoms with E-state index in [-0.39, 0.29) is 33.7 Å². The van der Waals surface area contributed by atoms with Crippen LogP contribution in [0.15, 0.2) is 67.0 Å². The molecule has 2 aromatic heterocycles. The molecule has 0 atom stereocenters. The van der Waals surface area contributed by atoms with Gasteiger partial charge in [0.25, 0.3) is 5.91 Å². The summed E-state index contributed by atoms with van der Waals surface area (Å²) in [6, 6.07) is 12.3. The molecule has 34 heavy (non-hydrogen) atoms. The molecule has 0 saturated heterocycles. The maximum absolute atomic E-state index is 14.6. The number of carbonyl (C=O) groups is 1. The molecule has 4 rings (SSSR count). The second-order valence-electron chi connectivity index (χ2n) is 6.86. The number of carbonyl (C=O) groups excluding carboxylic acids is 1. The summed E-state index contributed by atoms with van der Waals surface area (Å²) in [6.45, 7) is 0. The number of hydrogen-bond donors (Lipinski definition) is 2. The van der Waals surface area contributed by atoms with E-state index >= 15 is 0 Å². The normalized spacial score (nSPS) is 11.3. The highest BCUT2D eigenvalue weighted by Gasteiger charge is 2.40. The quantitative estimate of drug-likeness (QED) is 0.349. The molecule has 2 aromatic carbocycles. The highest BCUT2D eigenvalue weighted by Crippen LogP contribution is 2.35. The van der Waals surface area contributed by atoms with Gasteiger partial charge in [-0.15, -0.1) is 0 Å². The van der Waals surface area contributed by atoms with E-state index in [4.69, 9.17) is 22.1 Å². The van der Waals surface area contributed by atoms with Gasteiger partial charge in [-0.05, 0) is 24.3 Å². The fourth-order valence-corrected chi connectivity index (χ4v) is 3.20. The first-order valence-corrected chi connectivity index (χ1v) is 9.92. The summed E-state index contributed by atoms with van der Waals surface area (Å²) in [5, 5.41) is 5.87. The van der Waals surface area contributed by atoms with Gasteiger partial charge in [-0.3, -0.25) is 4.79 Å². The number of aromatic nitrogens is 3. The second-order valence-corrected chi connectivity index (χ2v) is 7.24. The smallest absolute Gasteiger partial charge is 0.434 e. The number of para-hydroxylation sites is 1. The lowest BCUT2D eigenvalue weighted by molar-refractivity contribution is -0.143. The average molecular weight is 492 g/mol. The van der Waals surface area contributed by atoms with E-state index < -0.39 is 29.2 Å². The molecule has 0 aliphatic carbocycles. The lowest BCUT2D eigenvalue weighted by atomic mass is 10.2. The molecule has 0 saturated carbocycles. The topological polar surface area (TPSA) is 95.1 Å². The maximum atomic E-state index is 14.6. The van der Waals surface area contributed by atoms with Crippen LogP contribution in [0.25, 0.3) is 5.69 Å². The molecule has 0 unspecified atom stereocenters. The van der Waals surface area contributed by atoms with Gasteiger partial charge in [0.05, 0.1) is 23.1 Å². The number of benzene rings is 2. The molecular formula is C22H14ClF4N5O2. The third kappa shape index (κ3) is 4.64. The van der Waals surface area contributed by atoms with Crippen molar-refractivity contribution in [3.63, 3.8) is 0 Å². The van der Waals surface area contributed by atoms with Gasteiger partial charge in [-0.2, -0.15) is 18.3 Å². The molecule has 0 aliphatic rings. The number of rotatable bonds is 5. The van der Waals surface area contributed by atoms with Crippen LogP contribution in [-0.4, -0.2) is 20.7 Å². The number of alkyl halides is 3. The number of amides is 1. The van der Waals surface area contributed by atoms with Crippen LogP contribution in [0.1, 0.15) is 16.1 Å². The van der Waals surface area contributed by atoms with E-state index in [1.165, 1.54) is 42.6 Å². The number of ether oxygens (including phenoxy) is 1. The number of anilines is 2. The minimum Gasteiger partial charge on any atom is -0.455 e. The largest absolute Gasteiger partial charge is 0.455 e. The first-order valence-electron chi connectivity index (χ1n) is 9.54. The molecule has 3 N–H and O–H groups in total. The van der Waals surface area contributed by atoms with Gasteiger partial charge in [-0.1, -0.05) is 29.8 Å². The third-order valence-electron chi connectivity index (χ3n) is 4.58. The Bertz CT molecular complexity index is 1360. The molecule has 0 spiro atoms. The predicted molar refractivity (Wildman–Crippen MR) is 117 cm³/mol. The van der Waals surface area contributed by atoms with Crippen LogP contribution in [-0.2, 0) is 6.18 Å². The number of nitrogens with two attached hydrogens (primary N) is 1. The van der Waals surface area contributed by atoms with Crippen molar-refractivity contribution < 1.29 is 27.1 Å². The zero-order valence-corrected chi connectivity index (χ0v) is 17.7. The standard InChI is InChI=1S/C22H14ClF4N5O2/c23-18-17(8-9-29-20(18)28)34-13-6-7-16(15(24)10-13)31-21(33)14-11-30-32(19(14)22(25,26)27)12-4-2-1-3-5-12/h1-11H,(H2,28,29)(H,31,33). The molecule has 2 heterocycles. The Balaban J connectivity index is 1.60. The van der Waals surface area contributed by atoms with E-state index in [0.717, 1.165) is 18.3 Å². The van der Waals surface area contributed by atoms with E-state index in [1.54, 1.807) is 6.07 Å². The maximum Gasteiger partial charge on any atom is 0.434 e. The predicted octanol–water partition coefficient (Wildman–Crippen LogP) is 5.71. The van der Waals surface area contributed by atoms with Crippen LogP contribution >= 0.6 is 11.6 Å². The zero-order valence-electron chi connectivity index (χ0n) is 17.0. The highest BCUT2D eigenvalue weighted by molar-refractivity contribution is 6.34. The van der Waals surface area contributed by atoms with Crippen molar-refractivity contribution in [3.05, 3.63) is 89.1 Å². The van der Waals surface area contributed by atoms with Crippen LogP contribution in [0.3, 0.4) is 0 Å². The van der Waals surface area contributed by atoms with Gasteiger partial charge in [0, 0.05) is 18.3 Å². The second kappa shape index (κ2) is 9.02. The van der Waals surface area contributed by atoms with Crippen molar-refractivity contribution in [1.82, 2.24) is 14.8 Å². The number of hydrogen-bond acceptors (Lipinski definition) is 5. The van der Waals surface area contributed by atoms with Crippen molar-refractivity contribution in [2.45, 2.75) is 6.18 Å². The Kier molecular flexibility index (Phi) is 6.12. The first kappa shape index (κ1) is 23.1. The Morgan fingerprint density at radius 2 is 1.85 bits per heavy atom. The number of pyridine rings is 1. The minimum absolute atomic E-state index is 0.0101. The lowest BCUT2D eigenvalue weighted by Gasteiger charge is -2.13. The van der Waals surface area contributed by atoms with Crippen LogP contribution in [0.2, 0.25) is 5.02 Å². The van der Waals surface area contributed by atoms with E-state index in [9.17, 15) is 22.4 Å². The number of halogens is 5. The van der Waals surface area contributed by atoms with Crippen LogP contribution < -0.4 is 15.8 Å². The molecule has 0 radical (unpaired) electrons. The van der Waals surface area contributed by atoms with Crippen LogP contribution in [0.5, 0.6) is 11.5 Å². The SMILES string of the molecule is Nc1nccc(Oc2ccc(NC(=O)c3cnn(-c4ccccc4)c3C(F)(F)F)c(F)c2)c1Cl. The van der Waals surface area contributed by atoms with Gasteiger partial charge in [0.15, 0.2) is 11.4 Å².